The van der Waals surface area contributed by atoms with Gasteiger partial charge in [-0.15, -0.1) is 0 Å². The third-order valence-electron chi connectivity index (χ3n) is 1.63. The van der Waals surface area contributed by atoms with Crippen LogP contribution in [-0.2, 0) is 9.53 Å². The second-order valence-electron chi connectivity index (χ2n) is 2.71. The Hall–Kier alpha value is -2.38. The Morgan fingerprint density at radius 3 is 2.75 bits per heavy atom. The van der Waals surface area contributed by atoms with Crippen LogP contribution in [0.4, 0.5) is 5.95 Å². The third kappa shape index (κ3) is 2.16. The summed E-state index contributed by atoms with van der Waals surface area (Å²) >= 11 is 0. The summed E-state index contributed by atoms with van der Waals surface area (Å²) in [6.07, 6.45) is 0. The SMILES string of the molecule is C=C(C(=O)OCC)n1c(=O)nc(N)[nH]c1=O. The van der Waals surface area contributed by atoms with Crippen molar-refractivity contribution in [1.29, 1.82) is 0 Å². The van der Waals surface area contributed by atoms with Crippen LogP contribution in [0.1, 0.15) is 6.92 Å². The van der Waals surface area contributed by atoms with E-state index in [4.69, 9.17) is 5.73 Å². The molecule has 8 nitrogen and oxygen atoms in total. The molecule has 0 fully saturated rings. The lowest BCUT2D eigenvalue weighted by Gasteiger charge is -2.05. The minimum atomic E-state index is -0.987. The van der Waals surface area contributed by atoms with Crippen LogP contribution in [-0.4, -0.2) is 27.1 Å². The largest absolute Gasteiger partial charge is 0.461 e. The fourth-order valence-electron chi connectivity index (χ4n) is 0.977. The lowest BCUT2D eigenvalue weighted by Crippen LogP contribution is -2.38. The van der Waals surface area contributed by atoms with Gasteiger partial charge in [-0.3, -0.25) is 4.98 Å². The maximum Gasteiger partial charge on any atom is 0.359 e. The number of aromatic amines is 1. The molecule has 0 spiro atoms. The normalized spacial score (nSPS) is 9.81. The second kappa shape index (κ2) is 4.43. The van der Waals surface area contributed by atoms with Gasteiger partial charge in [0.2, 0.25) is 5.95 Å². The summed E-state index contributed by atoms with van der Waals surface area (Å²) in [7, 11) is 0. The highest BCUT2D eigenvalue weighted by Crippen LogP contribution is 1.96. The highest BCUT2D eigenvalue weighted by Gasteiger charge is 2.15. The van der Waals surface area contributed by atoms with Gasteiger partial charge in [0.1, 0.15) is 5.70 Å². The average molecular weight is 226 g/mol. The van der Waals surface area contributed by atoms with Gasteiger partial charge in [0.05, 0.1) is 6.61 Å². The quantitative estimate of drug-likeness (QED) is 0.480. The van der Waals surface area contributed by atoms with E-state index in [2.05, 4.69) is 21.3 Å². The van der Waals surface area contributed by atoms with Crippen LogP contribution in [0.2, 0.25) is 0 Å². The van der Waals surface area contributed by atoms with Gasteiger partial charge in [0, 0.05) is 0 Å². The maximum atomic E-state index is 11.3. The predicted molar refractivity (Wildman–Crippen MR) is 55.5 cm³/mol. The van der Waals surface area contributed by atoms with Crippen molar-refractivity contribution in [2.75, 3.05) is 12.3 Å². The molecule has 1 aromatic rings. The fraction of sp³-hybridized carbons (Fsp3) is 0.250. The fourth-order valence-corrected chi connectivity index (χ4v) is 0.977. The molecule has 16 heavy (non-hydrogen) atoms. The molecule has 1 rings (SSSR count). The van der Waals surface area contributed by atoms with Gasteiger partial charge in [-0.25, -0.2) is 19.0 Å². The van der Waals surface area contributed by atoms with E-state index < -0.39 is 23.0 Å². The van der Waals surface area contributed by atoms with Gasteiger partial charge in [-0.1, -0.05) is 6.58 Å². The number of carbonyl (C=O) groups is 1. The Morgan fingerprint density at radius 1 is 1.62 bits per heavy atom. The van der Waals surface area contributed by atoms with Crippen LogP contribution < -0.4 is 17.1 Å². The van der Waals surface area contributed by atoms with E-state index in [-0.39, 0.29) is 12.6 Å². The topological polar surface area (TPSA) is 120 Å². The zero-order valence-corrected chi connectivity index (χ0v) is 8.52. The standard InChI is InChI=1S/C8H10N4O4/c1-3-16-5(13)4(2)12-7(14)10-6(9)11-8(12)15/h2-3H2,1H3,(H3,9,10,11,14,15). The summed E-state index contributed by atoms with van der Waals surface area (Å²) in [4.78, 5) is 39.2. The summed E-state index contributed by atoms with van der Waals surface area (Å²) in [6, 6.07) is 0. The molecule has 86 valence electrons. The van der Waals surface area contributed by atoms with Crippen molar-refractivity contribution in [3.8, 4) is 0 Å². The Kier molecular flexibility index (Phi) is 3.24. The summed E-state index contributed by atoms with van der Waals surface area (Å²) in [5.41, 5.74) is 2.84. The number of ether oxygens (including phenoxy) is 1. The smallest absolute Gasteiger partial charge is 0.359 e. The Balaban J connectivity index is 3.25. The van der Waals surface area contributed by atoms with E-state index in [0.717, 1.165) is 0 Å². The summed E-state index contributed by atoms with van der Waals surface area (Å²) < 4.78 is 5.04. The van der Waals surface area contributed by atoms with Crippen LogP contribution in [0.25, 0.3) is 5.70 Å². The molecule has 1 heterocycles. The number of nitrogen functional groups attached to an aromatic ring is 1. The minimum Gasteiger partial charge on any atom is -0.461 e. The van der Waals surface area contributed by atoms with Crippen LogP contribution in [0, 0.1) is 0 Å². The molecule has 0 radical (unpaired) electrons. The zero-order chi connectivity index (χ0) is 12.3. The van der Waals surface area contributed by atoms with E-state index in [1.165, 1.54) is 0 Å². The number of esters is 1. The molecule has 0 saturated heterocycles. The molecule has 0 atom stereocenters. The number of nitrogens with zero attached hydrogens (tertiary/aromatic N) is 2. The number of anilines is 1. The summed E-state index contributed by atoms with van der Waals surface area (Å²) in [6.45, 7) is 4.97. The summed E-state index contributed by atoms with van der Waals surface area (Å²) in [5.74, 6) is -1.20. The number of aromatic nitrogens is 3. The average Bonchev–Trinajstić information content (AvgIpc) is 2.16. The number of hydrogen-bond acceptors (Lipinski definition) is 6. The van der Waals surface area contributed by atoms with Gasteiger partial charge >= 0.3 is 17.3 Å². The van der Waals surface area contributed by atoms with Gasteiger partial charge < -0.3 is 10.5 Å². The number of hydrogen-bond donors (Lipinski definition) is 2. The van der Waals surface area contributed by atoms with Gasteiger partial charge in [-0.05, 0) is 6.92 Å². The number of carbonyl (C=O) groups excluding carboxylic acids is 1. The molecule has 0 aromatic carbocycles. The lowest BCUT2D eigenvalue weighted by molar-refractivity contribution is -0.136. The molecule has 0 unspecified atom stereocenters. The number of H-pyrrole nitrogens is 1. The Labute approximate surface area is 89.4 Å². The van der Waals surface area contributed by atoms with Crippen molar-refractivity contribution in [3.63, 3.8) is 0 Å². The van der Waals surface area contributed by atoms with Crippen LogP contribution in [0.5, 0.6) is 0 Å². The van der Waals surface area contributed by atoms with Crippen molar-refractivity contribution in [3.05, 3.63) is 27.5 Å². The molecule has 0 aliphatic heterocycles. The van der Waals surface area contributed by atoms with Gasteiger partial charge in [-0.2, -0.15) is 4.98 Å². The second-order valence-corrected chi connectivity index (χ2v) is 2.71. The molecule has 0 aliphatic rings. The molecule has 0 amide bonds. The molecule has 0 aliphatic carbocycles. The lowest BCUT2D eigenvalue weighted by atomic mass is 10.5. The first-order valence-corrected chi connectivity index (χ1v) is 4.32. The van der Waals surface area contributed by atoms with E-state index in [1.54, 1.807) is 6.92 Å². The number of rotatable bonds is 3. The van der Waals surface area contributed by atoms with Crippen LogP contribution >= 0.6 is 0 Å². The van der Waals surface area contributed by atoms with E-state index >= 15 is 0 Å². The van der Waals surface area contributed by atoms with Crippen molar-refractivity contribution < 1.29 is 9.53 Å². The van der Waals surface area contributed by atoms with Gasteiger partial charge in [0.25, 0.3) is 0 Å². The third-order valence-corrected chi connectivity index (χ3v) is 1.63. The molecule has 8 heteroatoms. The monoisotopic (exact) mass is 226 g/mol. The van der Waals surface area contributed by atoms with Crippen LogP contribution in [0.15, 0.2) is 16.2 Å². The van der Waals surface area contributed by atoms with E-state index in [0.29, 0.717) is 4.57 Å². The molecular formula is C8H10N4O4. The van der Waals surface area contributed by atoms with Crippen molar-refractivity contribution >= 4 is 17.6 Å². The zero-order valence-electron chi connectivity index (χ0n) is 8.52. The Morgan fingerprint density at radius 2 is 2.25 bits per heavy atom. The van der Waals surface area contributed by atoms with E-state index in [9.17, 15) is 14.4 Å². The van der Waals surface area contributed by atoms with E-state index in [1.807, 2.05) is 0 Å². The minimum absolute atomic E-state index is 0.104. The molecule has 3 N–H and O–H groups in total. The molecule has 1 aromatic heterocycles. The summed E-state index contributed by atoms with van der Waals surface area (Å²) in [5, 5.41) is 0. The molecule has 0 saturated carbocycles. The van der Waals surface area contributed by atoms with Crippen LogP contribution in [0.3, 0.4) is 0 Å². The van der Waals surface area contributed by atoms with Crippen molar-refractivity contribution in [1.82, 2.24) is 14.5 Å². The maximum absolute atomic E-state index is 11.3. The first-order chi connectivity index (χ1) is 7.47. The highest BCUT2D eigenvalue weighted by atomic mass is 16.5. The first kappa shape index (κ1) is 11.7. The molecular weight excluding hydrogens is 216 g/mol. The Bertz CT molecular complexity index is 510. The van der Waals surface area contributed by atoms with Crippen molar-refractivity contribution in [2.45, 2.75) is 6.92 Å². The first-order valence-electron chi connectivity index (χ1n) is 4.32. The van der Waals surface area contributed by atoms with Crippen molar-refractivity contribution in [2.24, 2.45) is 0 Å². The predicted octanol–water partition coefficient (Wildman–Crippen LogP) is -1.45. The van der Waals surface area contributed by atoms with Gasteiger partial charge in [0.15, 0.2) is 0 Å². The number of nitrogens with two attached hydrogens (primary N) is 1. The highest BCUT2D eigenvalue weighted by molar-refractivity contribution is 6.08. The number of nitrogens with one attached hydrogen (secondary N) is 1. The molecule has 0 bridgehead atoms.